The normalized spacial score (nSPS) is 19.2. The highest BCUT2D eigenvalue weighted by atomic mass is 32.2. The number of benzene rings is 1. The van der Waals surface area contributed by atoms with Crippen molar-refractivity contribution < 1.29 is 13.2 Å². The van der Waals surface area contributed by atoms with Gasteiger partial charge in [-0.3, -0.25) is 4.79 Å². The zero-order valence-electron chi connectivity index (χ0n) is 14.4. The number of anilines is 1. The molecule has 1 aliphatic heterocycles. The quantitative estimate of drug-likeness (QED) is 0.736. The Morgan fingerprint density at radius 2 is 2.00 bits per heavy atom. The van der Waals surface area contributed by atoms with Gasteiger partial charge in [-0.1, -0.05) is 6.92 Å². The summed E-state index contributed by atoms with van der Waals surface area (Å²) in [5, 5.41) is 2.62. The molecule has 1 saturated heterocycles. The van der Waals surface area contributed by atoms with Crippen LogP contribution in [0.5, 0.6) is 0 Å². The summed E-state index contributed by atoms with van der Waals surface area (Å²) in [5.41, 5.74) is 0.584. The Balaban J connectivity index is 1.79. The van der Waals surface area contributed by atoms with Gasteiger partial charge in [0, 0.05) is 25.7 Å². The summed E-state index contributed by atoms with van der Waals surface area (Å²) in [4.78, 5) is 13.6. The Hall–Kier alpha value is -1.44. The van der Waals surface area contributed by atoms with Crippen LogP contribution in [0.15, 0.2) is 29.2 Å². The predicted molar refractivity (Wildman–Crippen MR) is 95.4 cm³/mol. The van der Waals surface area contributed by atoms with E-state index in [1.54, 1.807) is 12.1 Å². The number of hydrogen-bond acceptors (Lipinski definition) is 4. The third kappa shape index (κ3) is 5.89. The van der Waals surface area contributed by atoms with Crippen LogP contribution in [0, 0.1) is 5.92 Å². The maximum Gasteiger partial charge on any atom is 0.240 e. The summed E-state index contributed by atoms with van der Waals surface area (Å²) in [6.07, 6.45) is 3.32. The molecular weight excluding hydrogens is 326 g/mol. The highest BCUT2D eigenvalue weighted by Gasteiger charge is 2.17. The molecule has 1 fully saturated rings. The molecule has 2 N–H and O–H groups in total. The van der Waals surface area contributed by atoms with Crippen LogP contribution in [-0.2, 0) is 14.8 Å². The number of nitrogens with one attached hydrogen (secondary N) is 2. The maximum absolute atomic E-state index is 12.3. The van der Waals surface area contributed by atoms with Gasteiger partial charge in [0.25, 0.3) is 0 Å². The van der Waals surface area contributed by atoms with Crippen molar-refractivity contribution in [2.45, 2.75) is 38.0 Å². The van der Waals surface area contributed by atoms with E-state index < -0.39 is 10.0 Å². The van der Waals surface area contributed by atoms with Gasteiger partial charge >= 0.3 is 0 Å². The molecule has 0 aliphatic carbocycles. The third-order valence-electron chi connectivity index (χ3n) is 4.17. The molecule has 2 rings (SSSR count). The third-order valence-corrected chi connectivity index (χ3v) is 5.65. The number of likely N-dealkylation sites (tertiary alicyclic amines) is 1. The Labute approximate surface area is 144 Å². The molecule has 1 amide bonds. The zero-order chi connectivity index (χ0) is 17.6. The predicted octanol–water partition coefficient (Wildman–Crippen LogP) is 2.05. The minimum absolute atomic E-state index is 0.184. The van der Waals surface area contributed by atoms with Crippen LogP contribution in [0.1, 0.15) is 33.1 Å². The van der Waals surface area contributed by atoms with Crippen LogP contribution in [0.3, 0.4) is 0 Å². The van der Waals surface area contributed by atoms with Crippen molar-refractivity contribution in [3.05, 3.63) is 24.3 Å². The lowest BCUT2D eigenvalue weighted by Gasteiger charge is -2.30. The number of rotatable bonds is 7. The van der Waals surface area contributed by atoms with Crippen LogP contribution in [-0.4, -0.2) is 45.4 Å². The Kier molecular flexibility index (Phi) is 6.77. The summed E-state index contributed by atoms with van der Waals surface area (Å²) in [7, 11) is -3.50. The van der Waals surface area contributed by atoms with Crippen molar-refractivity contribution in [2.24, 2.45) is 5.92 Å². The zero-order valence-corrected chi connectivity index (χ0v) is 15.2. The van der Waals surface area contributed by atoms with Crippen molar-refractivity contribution in [2.75, 3.05) is 31.5 Å². The SMILES string of the molecule is CC(=O)Nc1ccc(S(=O)(=O)NCCCN2CCC[C@H](C)C2)cc1. The molecule has 1 aromatic carbocycles. The molecule has 0 radical (unpaired) electrons. The topological polar surface area (TPSA) is 78.5 Å². The number of carbonyl (C=O) groups is 1. The van der Waals surface area contributed by atoms with E-state index in [1.807, 2.05) is 0 Å². The average molecular weight is 353 g/mol. The standard InChI is InChI=1S/C17H27N3O3S/c1-14-5-3-11-20(13-14)12-4-10-18-24(22,23)17-8-6-16(7-9-17)19-15(2)21/h6-9,14,18H,3-5,10-13H2,1-2H3,(H,19,21)/t14-/m0/s1. The van der Waals surface area contributed by atoms with E-state index in [0.717, 1.165) is 32.0 Å². The van der Waals surface area contributed by atoms with Crippen LogP contribution in [0.2, 0.25) is 0 Å². The largest absolute Gasteiger partial charge is 0.326 e. The van der Waals surface area contributed by atoms with Gasteiger partial charge in [-0.25, -0.2) is 13.1 Å². The first-order chi connectivity index (χ1) is 11.4. The molecule has 134 valence electrons. The molecule has 1 aromatic rings. The van der Waals surface area contributed by atoms with Crippen LogP contribution in [0.4, 0.5) is 5.69 Å². The molecule has 0 unspecified atom stereocenters. The molecule has 1 aliphatic rings. The molecule has 0 spiro atoms. The molecule has 0 aromatic heterocycles. The van der Waals surface area contributed by atoms with Crippen molar-refractivity contribution >= 4 is 21.6 Å². The fourth-order valence-corrected chi connectivity index (χ4v) is 4.08. The van der Waals surface area contributed by atoms with Crippen molar-refractivity contribution in [1.82, 2.24) is 9.62 Å². The van der Waals surface area contributed by atoms with Crippen LogP contribution >= 0.6 is 0 Å². The highest BCUT2D eigenvalue weighted by Crippen LogP contribution is 2.16. The lowest BCUT2D eigenvalue weighted by molar-refractivity contribution is -0.114. The molecule has 0 bridgehead atoms. The average Bonchev–Trinajstić information content (AvgIpc) is 2.52. The molecular formula is C17H27N3O3S. The fourth-order valence-electron chi connectivity index (χ4n) is 3.00. The van der Waals surface area contributed by atoms with E-state index in [9.17, 15) is 13.2 Å². The summed E-state index contributed by atoms with van der Waals surface area (Å²) in [6.45, 7) is 7.25. The van der Waals surface area contributed by atoms with Crippen LogP contribution in [0.25, 0.3) is 0 Å². The number of amides is 1. The first kappa shape index (κ1) is 18.9. The molecule has 7 heteroatoms. The van der Waals surface area contributed by atoms with E-state index in [0.29, 0.717) is 12.2 Å². The van der Waals surface area contributed by atoms with Gasteiger partial charge in [0.05, 0.1) is 4.90 Å². The van der Waals surface area contributed by atoms with Gasteiger partial charge in [-0.2, -0.15) is 0 Å². The number of piperidine rings is 1. The molecule has 1 atom stereocenters. The first-order valence-corrected chi connectivity index (χ1v) is 9.95. The van der Waals surface area contributed by atoms with Gasteiger partial charge in [-0.05, 0) is 62.5 Å². The molecule has 24 heavy (non-hydrogen) atoms. The van der Waals surface area contributed by atoms with Crippen LogP contribution < -0.4 is 10.0 Å². The second kappa shape index (κ2) is 8.60. The number of nitrogens with zero attached hydrogens (tertiary/aromatic N) is 1. The van der Waals surface area contributed by atoms with E-state index in [2.05, 4.69) is 21.9 Å². The molecule has 1 heterocycles. The van der Waals surface area contributed by atoms with E-state index >= 15 is 0 Å². The van der Waals surface area contributed by atoms with Gasteiger partial charge in [0.2, 0.25) is 15.9 Å². The molecule has 6 nitrogen and oxygen atoms in total. The number of hydrogen-bond donors (Lipinski definition) is 2. The Morgan fingerprint density at radius 3 is 2.62 bits per heavy atom. The minimum Gasteiger partial charge on any atom is -0.326 e. The van der Waals surface area contributed by atoms with Gasteiger partial charge in [0.1, 0.15) is 0 Å². The molecule has 0 saturated carbocycles. The summed E-state index contributed by atoms with van der Waals surface area (Å²) in [6, 6.07) is 6.18. The highest BCUT2D eigenvalue weighted by molar-refractivity contribution is 7.89. The fraction of sp³-hybridized carbons (Fsp3) is 0.588. The smallest absolute Gasteiger partial charge is 0.240 e. The van der Waals surface area contributed by atoms with Crippen molar-refractivity contribution in [3.8, 4) is 0 Å². The second-order valence-electron chi connectivity index (χ2n) is 6.50. The van der Waals surface area contributed by atoms with E-state index in [4.69, 9.17) is 0 Å². The minimum atomic E-state index is -3.50. The second-order valence-corrected chi connectivity index (χ2v) is 8.27. The maximum atomic E-state index is 12.3. The first-order valence-electron chi connectivity index (χ1n) is 8.46. The lowest BCUT2D eigenvalue weighted by Crippen LogP contribution is -2.36. The van der Waals surface area contributed by atoms with Crippen molar-refractivity contribution in [1.29, 1.82) is 0 Å². The van der Waals surface area contributed by atoms with Gasteiger partial charge in [0.15, 0.2) is 0 Å². The Morgan fingerprint density at radius 1 is 1.29 bits per heavy atom. The number of carbonyl (C=O) groups excluding carboxylic acids is 1. The summed E-state index contributed by atoms with van der Waals surface area (Å²) < 4.78 is 27.2. The van der Waals surface area contributed by atoms with E-state index in [1.165, 1.54) is 31.9 Å². The Bertz CT molecular complexity index is 644. The van der Waals surface area contributed by atoms with Gasteiger partial charge < -0.3 is 10.2 Å². The monoisotopic (exact) mass is 353 g/mol. The van der Waals surface area contributed by atoms with Gasteiger partial charge in [-0.15, -0.1) is 0 Å². The summed E-state index contributed by atoms with van der Waals surface area (Å²) in [5.74, 6) is 0.549. The lowest BCUT2D eigenvalue weighted by atomic mass is 10.0. The summed E-state index contributed by atoms with van der Waals surface area (Å²) >= 11 is 0. The van der Waals surface area contributed by atoms with Crippen molar-refractivity contribution in [3.63, 3.8) is 0 Å². The van der Waals surface area contributed by atoms with E-state index in [-0.39, 0.29) is 10.8 Å². The number of sulfonamides is 1.